The number of unbranched alkanes of at least 4 members (excludes halogenated alkanes) is 7. The molecule has 0 rings (SSSR count). The van der Waals surface area contributed by atoms with Crippen LogP contribution in [0.1, 0.15) is 97.8 Å². The molecule has 4 nitrogen and oxygen atoms in total. The molecule has 22 heavy (non-hydrogen) atoms. The van der Waals surface area contributed by atoms with Gasteiger partial charge in [-0.3, -0.25) is 9.59 Å². The number of hydrogen-bond donors (Lipinski definition) is 2. The molecule has 0 spiro atoms. The molecule has 2 N–H and O–H groups in total. The lowest BCUT2D eigenvalue weighted by molar-refractivity contribution is -0.138. The van der Waals surface area contributed by atoms with Crippen molar-refractivity contribution >= 4 is 11.9 Å². The van der Waals surface area contributed by atoms with E-state index in [9.17, 15) is 9.59 Å². The highest BCUT2D eigenvalue weighted by Gasteiger charge is 1.98. The van der Waals surface area contributed by atoms with Gasteiger partial charge in [-0.2, -0.15) is 0 Å². The van der Waals surface area contributed by atoms with Crippen molar-refractivity contribution in [1.82, 2.24) is 0 Å². The molecule has 0 saturated carbocycles. The molecule has 0 heterocycles. The van der Waals surface area contributed by atoms with Crippen LogP contribution in [0.3, 0.4) is 0 Å². The third kappa shape index (κ3) is 27.3. The highest BCUT2D eigenvalue weighted by atomic mass is 16.4. The second kappa shape index (κ2) is 18.0. The molecule has 0 radical (unpaired) electrons. The van der Waals surface area contributed by atoms with E-state index >= 15 is 0 Å². The normalized spacial score (nSPS) is 10.2. The lowest BCUT2D eigenvalue weighted by Gasteiger charge is -2.00. The third-order valence-corrected chi connectivity index (χ3v) is 3.42. The first kappa shape index (κ1) is 23.2. The smallest absolute Gasteiger partial charge is 0.303 e. The van der Waals surface area contributed by atoms with Crippen LogP contribution in [-0.2, 0) is 9.59 Å². The van der Waals surface area contributed by atoms with Gasteiger partial charge in [-0.1, -0.05) is 72.1 Å². The summed E-state index contributed by atoms with van der Waals surface area (Å²) in [6.45, 7) is 6.83. The largest absolute Gasteiger partial charge is 0.481 e. The molecule has 0 aromatic heterocycles. The van der Waals surface area contributed by atoms with Gasteiger partial charge in [0.25, 0.3) is 0 Å². The summed E-state index contributed by atoms with van der Waals surface area (Å²) >= 11 is 0. The molecule has 0 aromatic carbocycles. The maximum Gasteiger partial charge on any atom is 0.303 e. The van der Waals surface area contributed by atoms with Crippen molar-refractivity contribution in [1.29, 1.82) is 0 Å². The van der Waals surface area contributed by atoms with Crippen molar-refractivity contribution in [2.45, 2.75) is 97.8 Å². The Morgan fingerprint density at radius 3 is 1.45 bits per heavy atom. The van der Waals surface area contributed by atoms with Crippen LogP contribution in [-0.4, -0.2) is 22.2 Å². The van der Waals surface area contributed by atoms with E-state index in [-0.39, 0.29) is 12.8 Å². The van der Waals surface area contributed by atoms with Crippen molar-refractivity contribution < 1.29 is 19.8 Å². The minimum atomic E-state index is -0.740. The Kier molecular flexibility index (Phi) is 19.0. The predicted octanol–water partition coefficient (Wildman–Crippen LogP) is 5.50. The fourth-order valence-corrected chi connectivity index (χ4v) is 2.06. The first-order valence-electron chi connectivity index (χ1n) is 8.83. The molecule has 0 aliphatic rings. The number of carbonyl (C=O) groups is 2. The molecule has 4 heteroatoms. The maximum absolute atomic E-state index is 10.1. The van der Waals surface area contributed by atoms with Gasteiger partial charge >= 0.3 is 11.9 Å². The van der Waals surface area contributed by atoms with Gasteiger partial charge in [0.1, 0.15) is 0 Å². The van der Waals surface area contributed by atoms with Crippen molar-refractivity contribution in [2.75, 3.05) is 0 Å². The van der Waals surface area contributed by atoms with Crippen LogP contribution in [0.2, 0.25) is 0 Å². The zero-order chi connectivity index (χ0) is 17.2. The average Bonchev–Trinajstić information content (AvgIpc) is 2.42. The SMILES string of the molecule is CCCCCC(C)C.O=C(O)CCCCCCCCC(=O)O. The highest BCUT2D eigenvalue weighted by Crippen LogP contribution is 2.08. The van der Waals surface area contributed by atoms with Crippen molar-refractivity contribution in [3.05, 3.63) is 0 Å². The van der Waals surface area contributed by atoms with Crippen LogP contribution in [0.15, 0.2) is 0 Å². The summed E-state index contributed by atoms with van der Waals surface area (Å²) in [6, 6.07) is 0. The summed E-state index contributed by atoms with van der Waals surface area (Å²) in [6.07, 6.45) is 11.4. The first-order chi connectivity index (χ1) is 10.4. The van der Waals surface area contributed by atoms with Gasteiger partial charge < -0.3 is 10.2 Å². The monoisotopic (exact) mass is 316 g/mol. The van der Waals surface area contributed by atoms with E-state index < -0.39 is 11.9 Å². The van der Waals surface area contributed by atoms with E-state index in [1.165, 1.54) is 25.7 Å². The number of carboxylic acid groups (broad SMARTS) is 2. The van der Waals surface area contributed by atoms with Gasteiger partial charge in [0, 0.05) is 12.8 Å². The molecule has 0 saturated heterocycles. The minimum absolute atomic E-state index is 0.245. The molecule has 0 aliphatic carbocycles. The Labute approximate surface area is 136 Å². The summed E-state index contributed by atoms with van der Waals surface area (Å²) in [4.78, 5) is 20.3. The minimum Gasteiger partial charge on any atom is -0.481 e. The van der Waals surface area contributed by atoms with E-state index in [0.717, 1.165) is 44.4 Å². The van der Waals surface area contributed by atoms with Crippen molar-refractivity contribution in [3.63, 3.8) is 0 Å². The molecular formula is C18H36O4. The number of aliphatic carboxylic acids is 2. The summed E-state index contributed by atoms with van der Waals surface area (Å²) in [5, 5.41) is 16.7. The molecule has 0 amide bonds. The molecule has 0 fully saturated rings. The van der Waals surface area contributed by atoms with Crippen LogP contribution in [0.25, 0.3) is 0 Å². The summed E-state index contributed by atoms with van der Waals surface area (Å²) in [5.74, 6) is -0.576. The van der Waals surface area contributed by atoms with Crippen LogP contribution in [0, 0.1) is 5.92 Å². The molecule has 0 unspecified atom stereocenters. The fourth-order valence-electron chi connectivity index (χ4n) is 2.06. The Morgan fingerprint density at radius 1 is 0.727 bits per heavy atom. The molecule has 0 aliphatic heterocycles. The number of carboxylic acids is 2. The molecule has 132 valence electrons. The fraction of sp³-hybridized carbons (Fsp3) is 0.889. The van der Waals surface area contributed by atoms with Gasteiger partial charge in [0.05, 0.1) is 0 Å². The molecule has 0 atom stereocenters. The lowest BCUT2D eigenvalue weighted by Crippen LogP contribution is -1.94. The van der Waals surface area contributed by atoms with E-state index in [1.807, 2.05) is 0 Å². The average molecular weight is 316 g/mol. The van der Waals surface area contributed by atoms with Gasteiger partial charge in [0.2, 0.25) is 0 Å². The Hall–Kier alpha value is -1.06. The quantitative estimate of drug-likeness (QED) is 0.440. The van der Waals surface area contributed by atoms with Gasteiger partial charge in [-0.15, -0.1) is 0 Å². The number of hydrogen-bond acceptors (Lipinski definition) is 2. The van der Waals surface area contributed by atoms with Gasteiger partial charge in [-0.25, -0.2) is 0 Å². The van der Waals surface area contributed by atoms with Crippen LogP contribution in [0.5, 0.6) is 0 Å². The lowest BCUT2D eigenvalue weighted by atomic mass is 10.1. The molecule has 0 bridgehead atoms. The highest BCUT2D eigenvalue weighted by molar-refractivity contribution is 5.66. The maximum atomic E-state index is 10.1. The van der Waals surface area contributed by atoms with E-state index in [2.05, 4.69) is 20.8 Å². The van der Waals surface area contributed by atoms with Gasteiger partial charge in [0.15, 0.2) is 0 Å². The van der Waals surface area contributed by atoms with Crippen LogP contribution >= 0.6 is 0 Å². The second-order valence-corrected chi connectivity index (χ2v) is 6.30. The van der Waals surface area contributed by atoms with Crippen LogP contribution < -0.4 is 0 Å². The number of rotatable bonds is 13. The first-order valence-corrected chi connectivity index (χ1v) is 8.83. The Balaban J connectivity index is 0. The van der Waals surface area contributed by atoms with E-state index in [0.29, 0.717) is 0 Å². The molecule has 0 aromatic rings. The van der Waals surface area contributed by atoms with E-state index in [1.54, 1.807) is 0 Å². The zero-order valence-corrected chi connectivity index (χ0v) is 14.8. The summed E-state index contributed by atoms with van der Waals surface area (Å²) < 4.78 is 0. The second-order valence-electron chi connectivity index (χ2n) is 6.30. The summed E-state index contributed by atoms with van der Waals surface area (Å²) in [7, 11) is 0. The predicted molar refractivity (Wildman–Crippen MR) is 91.2 cm³/mol. The Bertz CT molecular complexity index is 242. The molecular weight excluding hydrogens is 280 g/mol. The van der Waals surface area contributed by atoms with E-state index in [4.69, 9.17) is 10.2 Å². The Morgan fingerprint density at radius 2 is 1.14 bits per heavy atom. The standard InChI is InChI=1S/C10H18O4.C8H18/c11-9(12)7-5-3-1-2-4-6-8-10(13)14;1-4-5-6-7-8(2)3/h1-8H2,(H,11,12)(H,13,14);8H,4-7H2,1-3H3. The topological polar surface area (TPSA) is 74.6 Å². The van der Waals surface area contributed by atoms with Gasteiger partial charge in [-0.05, 0) is 18.8 Å². The zero-order valence-electron chi connectivity index (χ0n) is 14.8. The van der Waals surface area contributed by atoms with Crippen molar-refractivity contribution in [2.24, 2.45) is 5.92 Å². The van der Waals surface area contributed by atoms with Crippen LogP contribution in [0.4, 0.5) is 0 Å². The van der Waals surface area contributed by atoms with Crippen molar-refractivity contribution in [3.8, 4) is 0 Å². The third-order valence-electron chi connectivity index (χ3n) is 3.42. The summed E-state index contributed by atoms with van der Waals surface area (Å²) in [5.41, 5.74) is 0.